The molecule has 1 saturated carbocycles. The van der Waals surface area contributed by atoms with Gasteiger partial charge < -0.3 is 5.32 Å². The zero-order valence-electron chi connectivity index (χ0n) is 14.9. The van der Waals surface area contributed by atoms with E-state index in [1.54, 1.807) is 10.9 Å². The maximum absolute atomic E-state index is 13.0. The van der Waals surface area contributed by atoms with Crippen molar-refractivity contribution in [3.05, 3.63) is 64.6 Å². The highest BCUT2D eigenvalue weighted by molar-refractivity contribution is 6.33. The van der Waals surface area contributed by atoms with Gasteiger partial charge in [0.05, 0.1) is 6.54 Å². The van der Waals surface area contributed by atoms with E-state index >= 15 is 0 Å². The van der Waals surface area contributed by atoms with Crippen molar-refractivity contribution >= 4 is 23.3 Å². The second-order valence-corrected chi connectivity index (χ2v) is 7.19. The standard InChI is InChI=1S/C19H18ClF2N5O/c20-14-10-26(9-12-4-2-1-3-5-12)25-19(14)23-17(28)11-27-16(13-6-7-13)8-15(24-27)18(21)22/h1-5,8,10,13,18H,6-7,9,11H2,(H,23,25,28). The first-order chi connectivity index (χ1) is 13.5. The fourth-order valence-corrected chi connectivity index (χ4v) is 3.23. The summed E-state index contributed by atoms with van der Waals surface area (Å²) in [5.41, 5.74) is 1.41. The quantitative estimate of drug-likeness (QED) is 0.639. The molecule has 2 aromatic heterocycles. The number of benzene rings is 1. The van der Waals surface area contributed by atoms with E-state index in [4.69, 9.17) is 11.6 Å². The van der Waals surface area contributed by atoms with Crippen LogP contribution in [0, 0.1) is 0 Å². The molecular weight excluding hydrogens is 388 g/mol. The molecule has 0 atom stereocenters. The van der Waals surface area contributed by atoms with Crippen molar-refractivity contribution in [1.29, 1.82) is 0 Å². The number of rotatable bonds is 7. The van der Waals surface area contributed by atoms with Crippen molar-refractivity contribution in [3.63, 3.8) is 0 Å². The molecule has 146 valence electrons. The van der Waals surface area contributed by atoms with Crippen molar-refractivity contribution < 1.29 is 13.6 Å². The van der Waals surface area contributed by atoms with E-state index in [0.717, 1.165) is 18.4 Å². The minimum atomic E-state index is -2.66. The van der Waals surface area contributed by atoms with Gasteiger partial charge in [0.25, 0.3) is 6.43 Å². The molecule has 3 aromatic rings. The molecule has 0 unspecified atom stereocenters. The maximum atomic E-state index is 13.0. The Kier molecular flexibility index (Phi) is 5.13. The highest BCUT2D eigenvalue weighted by Crippen LogP contribution is 2.41. The van der Waals surface area contributed by atoms with E-state index in [2.05, 4.69) is 15.5 Å². The number of halogens is 3. The van der Waals surface area contributed by atoms with Gasteiger partial charge in [-0.3, -0.25) is 14.2 Å². The second-order valence-electron chi connectivity index (χ2n) is 6.78. The minimum Gasteiger partial charge on any atom is -0.306 e. The number of nitrogens with zero attached hydrogens (tertiary/aromatic N) is 4. The normalized spacial score (nSPS) is 13.9. The number of hydrogen-bond acceptors (Lipinski definition) is 3. The summed E-state index contributed by atoms with van der Waals surface area (Å²) < 4.78 is 28.9. The molecule has 6 nitrogen and oxygen atoms in total. The van der Waals surface area contributed by atoms with Gasteiger partial charge in [0, 0.05) is 17.8 Å². The number of anilines is 1. The van der Waals surface area contributed by atoms with E-state index in [-0.39, 0.29) is 24.0 Å². The van der Waals surface area contributed by atoms with Crippen LogP contribution in [-0.4, -0.2) is 25.5 Å². The van der Waals surface area contributed by atoms with Crippen LogP contribution < -0.4 is 5.32 Å². The van der Waals surface area contributed by atoms with Crippen molar-refractivity contribution in [2.45, 2.75) is 38.3 Å². The van der Waals surface area contributed by atoms with Crippen LogP contribution in [-0.2, 0) is 17.9 Å². The lowest BCUT2D eigenvalue weighted by Crippen LogP contribution is -2.21. The lowest BCUT2D eigenvalue weighted by molar-refractivity contribution is -0.117. The van der Waals surface area contributed by atoms with Crippen molar-refractivity contribution in [1.82, 2.24) is 19.6 Å². The van der Waals surface area contributed by atoms with Crippen LogP contribution in [0.2, 0.25) is 5.02 Å². The van der Waals surface area contributed by atoms with Crippen LogP contribution >= 0.6 is 11.6 Å². The number of alkyl halides is 2. The molecule has 1 aromatic carbocycles. The van der Waals surface area contributed by atoms with Gasteiger partial charge >= 0.3 is 0 Å². The Morgan fingerprint density at radius 1 is 1.25 bits per heavy atom. The number of hydrogen-bond donors (Lipinski definition) is 1. The first-order valence-corrected chi connectivity index (χ1v) is 9.30. The van der Waals surface area contributed by atoms with Gasteiger partial charge in [0.15, 0.2) is 5.82 Å². The molecular formula is C19H18ClF2N5O. The number of nitrogens with one attached hydrogen (secondary N) is 1. The number of carbonyl (C=O) groups excluding carboxylic acids is 1. The summed E-state index contributed by atoms with van der Waals surface area (Å²) in [6.07, 6.45) is 0.810. The van der Waals surface area contributed by atoms with Gasteiger partial charge in [0.2, 0.25) is 5.91 Å². The Morgan fingerprint density at radius 3 is 2.68 bits per heavy atom. The second kappa shape index (κ2) is 7.71. The Bertz CT molecular complexity index is 982. The third kappa shape index (κ3) is 4.22. The average Bonchev–Trinajstić information content (AvgIpc) is 3.33. The van der Waals surface area contributed by atoms with E-state index in [0.29, 0.717) is 17.3 Å². The average molecular weight is 406 g/mol. The molecule has 2 heterocycles. The Morgan fingerprint density at radius 2 is 2.00 bits per heavy atom. The van der Waals surface area contributed by atoms with Crippen LogP contribution in [0.5, 0.6) is 0 Å². The first kappa shape index (κ1) is 18.6. The topological polar surface area (TPSA) is 64.7 Å². The zero-order valence-corrected chi connectivity index (χ0v) is 15.6. The predicted molar refractivity (Wildman–Crippen MR) is 101 cm³/mol. The Balaban J connectivity index is 1.44. The minimum absolute atomic E-state index is 0.166. The fraction of sp³-hybridized carbons (Fsp3) is 0.316. The third-order valence-corrected chi connectivity index (χ3v) is 4.78. The molecule has 0 aliphatic heterocycles. The van der Waals surface area contributed by atoms with Crippen molar-refractivity contribution in [2.24, 2.45) is 0 Å². The molecule has 1 fully saturated rings. The molecule has 0 saturated heterocycles. The summed E-state index contributed by atoms with van der Waals surface area (Å²) in [5.74, 6) is 0.0101. The van der Waals surface area contributed by atoms with E-state index in [1.165, 1.54) is 10.7 Å². The number of aromatic nitrogens is 4. The molecule has 1 amide bonds. The molecule has 4 rings (SSSR count). The summed E-state index contributed by atoms with van der Waals surface area (Å²) in [7, 11) is 0. The summed E-state index contributed by atoms with van der Waals surface area (Å²) in [5, 5.41) is 11.1. The third-order valence-electron chi connectivity index (χ3n) is 4.50. The molecule has 0 spiro atoms. The van der Waals surface area contributed by atoms with Gasteiger partial charge in [-0.25, -0.2) is 8.78 Å². The van der Waals surface area contributed by atoms with Gasteiger partial charge in [-0.1, -0.05) is 41.9 Å². The highest BCUT2D eigenvalue weighted by Gasteiger charge is 2.30. The van der Waals surface area contributed by atoms with Gasteiger partial charge in [-0.15, -0.1) is 0 Å². The van der Waals surface area contributed by atoms with Gasteiger partial charge in [0.1, 0.15) is 17.3 Å². The summed E-state index contributed by atoms with van der Waals surface area (Å²) in [6.45, 7) is 0.347. The Hall–Kier alpha value is -2.74. The molecule has 1 aliphatic carbocycles. The van der Waals surface area contributed by atoms with Crippen LogP contribution in [0.1, 0.15) is 42.1 Å². The lowest BCUT2D eigenvalue weighted by atomic mass is 10.2. The summed E-state index contributed by atoms with van der Waals surface area (Å²) in [4.78, 5) is 12.4. The summed E-state index contributed by atoms with van der Waals surface area (Å²) in [6, 6.07) is 11.1. The van der Waals surface area contributed by atoms with Crippen LogP contribution in [0.3, 0.4) is 0 Å². The monoisotopic (exact) mass is 405 g/mol. The van der Waals surface area contributed by atoms with E-state index in [1.807, 2.05) is 30.3 Å². The zero-order chi connectivity index (χ0) is 19.7. The SMILES string of the molecule is O=C(Cn1nc(C(F)F)cc1C1CC1)Nc1nn(Cc2ccccc2)cc1Cl. The van der Waals surface area contributed by atoms with Gasteiger partial charge in [-0.05, 0) is 24.5 Å². The highest BCUT2D eigenvalue weighted by atomic mass is 35.5. The van der Waals surface area contributed by atoms with Crippen molar-refractivity contribution in [3.8, 4) is 0 Å². The van der Waals surface area contributed by atoms with Crippen LogP contribution in [0.4, 0.5) is 14.6 Å². The molecule has 28 heavy (non-hydrogen) atoms. The first-order valence-electron chi connectivity index (χ1n) is 8.92. The molecule has 9 heteroatoms. The molecule has 0 bridgehead atoms. The lowest BCUT2D eigenvalue weighted by Gasteiger charge is -2.07. The summed E-state index contributed by atoms with van der Waals surface area (Å²) >= 11 is 6.18. The smallest absolute Gasteiger partial charge is 0.282 e. The van der Waals surface area contributed by atoms with E-state index in [9.17, 15) is 13.6 Å². The van der Waals surface area contributed by atoms with Crippen molar-refractivity contribution in [2.75, 3.05) is 5.32 Å². The Labute approximate surface area is 165 Å². The fourth-order valence-electron chi connectivity index (χ4n) is 3.03. The predicted octanol–water partition coefficient (Wildman–Crippen LogP) is 4.24. The number of amides is 1. The maximum Gasteiger partial charge on any atom is 0.282 e. The van der Waals surface area contributed by atoms with Crippen LogP contribution in [0.15, 0.2) is 42.6 Å². The molecule has 0 radical (unpaired) electrons. The number of carbonyl (C=O) groups is 1. The van der Waals surface area contributed by atoms with Crippen LogP contribution in [0.25, 0.3) is 0 Å². The largest absolute Gasteiger partial charge is 0.306 e. The van der Waals surface area contributed by atoms with E-state index < -0.39 is 12.3 Å². The molecule has 1 aliphatic rings. The molecule has 1 N–H and O–H groups in total. The van der Waals surface area contributed by atoms with Gasteiger partial charge in [-0.2, -0.15) is 10.2 Å².